The van der Waals surface area contributed by atoms with Crippen LogP contribution in [0.25, 0.3) is 0 Å². The molecule has 126 valence electrons. The molecule has 0 fully saturated rings. The number of nitrogens with one attached hydrogen (secondary N) is 1. The Morgan fingerprint density at radius 1 is 1.29 bits per heavy atom. The lowest BCUT2D eigenvalue weighted by molar-refractivity contribution is 0.0945. The van der Waals surface area contributed by atoms with Crippen molar-refractivity contribution in [3.8, 4) is 0 Å². The van der Waals surface area contributed by atoms with Gasteiger partial charge in [0.2, 0.25) is 0 Å². The van der Waals surface area contributed by atoms with Gasteiger partial charge in [-0.2, -0.15) is 5.10 Å². The summed E-state index contributed by atoms with van der Waals surface area (Å²) in [7, 11) is 3.48. The summed E-state index contributed by atoms with van der Waals surface area (Å²) < 4.78 is 1.88. The third-order valence-electron chi connectivity index (χ3n) is 3.73. The summed E-state index contributed by atoms with van der Waals surface area (Å²) in [5.41, 5.74) is 1.98. The van der Waals surface area contributed by atoms with E-state index < -0.39 is 0 Å². The molecule has 0 aromatic carbocycles. The van der Waals surface area contributed by atoms with E-state index >= 15 is 0 Å². The molecule has 0 radical (unpaired) electrons. The zero-order valence-electron chi connectivity index (χ0n) is 13.6. The second-order valence-corrected chi connectivity index (χ2v) is 5.72. The molecule has 0 bridgehead atoms. The molecular weight excluding hydrogens is 310 g/mol. The Labute approximate surface area is 139 Å². The third-order valence-corrected chi connectivity index (χ3v) is 3.73. The number of hydrogen-bond donors (Lipinski definition) is 1. The van der Waals surface area contributed by atoms with Crippen molar-refractivity contribution in [2.75, 3.05) is 20.6 Å². The summed E-state index contributed by atoms with van der Waals surface area (Å²) in [6.07, 6.45) is 4.40. The molecule has 3 rings (SSSR count). The van der Waals surface area contributed by atoms with Gasteiger partial charge in [0, 0.05) is 33.0 Å². The maximum atomic E-state index is 12.0. The van der Waals surface area contributed by atoms with Crippen LogP contribution in [0.5, 0.6) is 0 Å². The molecule has 1 N–H and O–H groups in total. The van der Waals surface area contributed by atoms with E-state index in [2.05, 4.69) is 20.4 Å². The SMILES string of the molecule is CN(C)C(=O)N1CCn2nc(CNC(=O)c3cnccn3)cc2C1. The number of carbonyl (C=O) groups excluding carboxylic acids is 2. The highest BCUT2D eigenvalue weighted by atomic mass is 16.2. The number of nitrogens with zero attached hydrogens (tertiary/aromatic N) is 6. The monoisotopic (exact) mass is 329 g/mol. The fraction of sp³-hybridized carbons (Fsp3) is 0.400. The zero-order valence-corrected chi connectivity index (χ0v) is 13.6. The fourth-order valence-electron chi connectivity index (χ4n) is 2.54. The van der Waals surface area contributed by atoms with Crippen LogP contribution in [-0.4, -0.2) is 62.1 Å². The van der Waals surface area contributed by atoms with Gasteiger partial charge >= 0.3 is 6.03 Å². The molecular formula is C15H19N7O2. The number of hydrogen-bond acceptors (Lipinski definition) is 5. The molecule has 24 heavy (non-hydrogen) atoms. The second-order valence-electron chi connectivity index (χ2n) is 5.72. The summed E-state index contributed by atoms with van der Waals surface area (Å²) in [5, 5.41) is 7.24. The number of urea groups is 1. The largest absolute Gasteiger partial charge is 0.345 e. The third kappa shape index (κ3) is 3.34. The minimum atomic E-state index is -0.293. The van der Waals surface area contributed by atoms with Crippen molar-refractivity contribution in [2.24, 2.45) is 0 Å². The Morgan fingerprint density at radius 2 is 2.12 bits per heavy atom. The van der Waals surface area contributed by atoms with E-state index in [-0.39, 0.29) is 17.6 Å². The molecule has 9 nitrogen and oxygen atoms in total. The van der Waals surface area contributed by atoms with Gasteiger partial charge in [-0.1, -0.05) is 0 Å². The Bertz CT molecular complexity index is 742. The van der Waals surface area contributed by atoms with E-state index in [1.807, 2.05) is 10.7 Å². The molecule has 0 saturated heterocycles. The van der Waals surface area contributed by atoms with Crippen LogP contribution in [0.15, 0.2) is 24.7 Å². The van der Waals surface area contributed by atoms with E-state index in [0.29, 0.717) is 26.2 Å². The molecule has 3 heterocycles. The standard InChI is InChI=1S/C15H19N7O2/c1-20(2)15(24)21-5-6-22-12(10-21)7-11(19-22)8-18-14(23)13-9-16-3-4-17-13/h3-4,7,9H,5-6,8,10H2,1-2H3,(H,18,23). The lowest BCUT2D eigenvalue weighted by Crippen LogP contribution is -2.43. The Hall–Kier alpha value is -2.97. The first-order valence-electron chi connectivity index (χ1n) is 7.60. The van der Waals surface area contributed by atoms with Gasteiger partial charge in [-0.15, -0.1) is 0 Å². The van der Waals surface area contributed by atoms with Crippen molar-refractivity contribution in [3.63, 3.8) is 0 Å². The summed E-state index contributed by atoms with van der Waals surface area (Å²) in [4.78, 5) is 35.2. The van der Waals surface area contributed by atoms with Crippen molar-refractivity contribution in [3.05, 3.63) is 41.7 Å². The maximum absolute atomic E-state index is 12.0. The minimum absolute atomic E-state index is 0.0139. The maximum Gasteiger partial charge on any atom is 0.319 e. The van der Waals surface area contributed by atoms with Crippen LogP contribution in [0.3, 0.4) is 0 Å². The molecule has 2 aromatic heterocycles. The van der Waals surface area contributed by atoms with Crippen LogP contribution >= 0.6 is 0 Å². The molecule has 0 saturated carbocycles. The van der Waals surface area contributed by atoms with Gasteiger partial charge in [0.15, 0.2) is 0 Å². The van der Waals surface area contributed by atoms with Gasteiger partial charge in [0.05, 0.1) is 37.2 Å². The lowest BCUT2D eigenvalue weighted by Gasteiger charge is -2.29. The zero-order chi connectivity index (χ0) is 17.1. The first-order valence-corrected chi connectivity index (χ1v) is 7.60. The average Bonchev–Trinajstić information content (AvgIpc) is 3.01. The Morgan fingerprint density at radius 3 is 2.83 bits per heavy atom. The highest BCUT2D eigenvalue weighted by Crippen LogP contribution is 2.14. The van der Waals surface area contributed by atoms with Gasteiger partial charge in [-0.25, -0.2) is 9.78 Å². The van der Waals surface area contributed by atoms with E-state index in [0.717, 1.165) is 11.4 Å². The fourth-order valence-corrected chi connectivity index (χ4v) is 2.54. The van der Waals surface area contributed by atoms with Gasteiger partial charge in [-0.3, -0.25) is 14.5 Å². The number of amides is 3. The molecule has 3 amide bonds. The Kier molecular flexibility index (Phi) is 4.41. The van der Waals surface area contributed by atoms with E-state index in [4.69, 9.17) is 0 Å². The molecule has 0 spiro atoms. The normalized spacial score (nSPS) is 13.3. The summed E-state index contributed by atoms with van der Waals surface area (Å²) >= 11 is 0. The lowest BCUT2D eigenvalue weighted by atomic mass is 10.3. The quantitative estimate of drug-likeness (QED) is 0.861. The van der Waals surface area contributed by atoms with E-state index in [9.17, 15) is 9.59 Å². The van der Waals surface area contributed by atoms with E-state index in [1.165, 1.54) is 18.6 Å². The van der Waals surface area contributed by atoms with Crippen LogP contribution < -0.4 is 5.32 Å². The van der Waals surface area contributed by atoms with Crippen molar-refractivity contribution < 1.29 is 9.59 Å². The Balaban J connectivity index is 1.62. The average molecular weight is 329 g/mol. The summed E-state index contributed by atoms with van der Waals surface area (Å²) in [6.45, 7) is 2.09. The summed E-state index contributed by atoms with van der Waals surface area (Å²) in [6, 6.07) is 1.89. The number of rotatable bonds is 3. The molecule has 1 aliphatic rings. The first-order chi connectivity index (χ1) is 11.5. The minimum Gasteiger partial charge on any atom is -0.345 e. The molecule has 1 aliphatic heterocycles. The molecule has 2 aromatic rings. The number of carbonyl (C=O) groups is 2. The molecule has 0 aliphatic carbocycles. The van der Waals surface area contributed by atoms with Crippen LogP contribution in [0, 0.1) is 0 Å². The summed E-state index contributed by atoms with van der Waals surface area (Å²) in [5.74, 6) is -0.293. The smallest absolute Gasteiger partial charge is 0.319 e. The first kappa shape index (κ1) is 15.9. The van der Waals surface area contributed by atoms with Crippen LogP contribution in [0.4, 0.5) is 4.79 Å². The second kappa shape index (κ2) is 6.65. The topological polar surface area (TPSA) is 96.2 Å². The number of aromatic nitrogens is 4. The molecule has 0 unspecified atom stereocenters. The van der Waals surface area contributed by atoms with Crippen molar-refractivity contribution >= 4 is 11.9 Å². The predicted molar refractivity (Wildman–Crippen MR) is 84.9 cm³/mol. The highest BCUT2D eigenvalue weighted by Gasteiger charge is 2.23. The van der Waals surface area contributed by atoms with Crippen molar-refractivity contribution in [1.82, 2.24) is 34.9 Å². The van der Waals surface area contributed by atoms with Gasteiger partial charge < -0.3 is 15.1 Å². The van der Waals surface area contributed by atoms with E-state index in [1.54, 1.807) is 23.9 Å². The van der Waals surface area contributed by atoms with Gasteiger partial charge in [0.25, 0.3) is 5.91 Å². The van der Waals surface area contributed by atoms with Crippen molar-refractivity contribution in [1.29, 1.82) is 0 Å². The number of fused-ring (bicyclic) bond motifs is 1. The van der Waals surface area contributed by atoms with Gasteiger partial charge in [-0.05, 0) is 6.07 Å². The molecule has 0 atom stereocenters. The van der Waals surface area contributed by atoms with Crippen LogP contribution in [0.2, 0.25) is 0 Å². The highest BCUT2D eigenvalue weighted by molar-refractivity contribution is 5.91. The van der Waals surface area contributed by atoms with Crippen molar-refractivity contribution in [2.45, 2.75) is 19.6 Å². The predicted octanol–water partition coefficient (Wildman–Crippen LogP) is 0.100. The molecule has 9 heteroatoms. The van der Waals surface area contributed by atoms with Gasteiger partial charge in [0.1, 0.15) is 5.69 Å². The van der Waals surface area contributed by atoms with Crippen LogP contribution in [-0.2, 0) is 19.6 Å². The van der Waals surface area contributed by atoms with Crippen LogP contribution in [0.1, 0.15) is 21.9 Å².